The van der Waals surface area contributed by atoms with Crippen LogP contribution in [0, 0.1) is 10.1 Å². The molecule has 0 radical (unpaired) electrons. The lowest BCUT2D eigenvalue weighted by atomic mass is 10.1. The number of nitro benzene ring substituents is 1. The van der Waals surface area contributed by atoms with E-state index >= 15 is 0 Å². The van der Waals surface area contributed by atoms with Crippen molar-refractivity contribution in [1.29, 1.82) is 0 Å². The number of hydrogen-bond donors (Lipinski definition) is 0. The van der Waals surface area contributed by atoms with E-state index in [2.05, 4.69) is 10.1 Å². The van der Waals surface area contributed by atoms with E-state index < -0.39 is 4.92 Å². The Balaban J connectivity index is 2.01. The number of rotatable bonds is 6. The molecule has 0 N–H and O–H groups in total. The lowest BCUT2D eigenvalue weighted by Crippen LogP contribution is -1.97. The van der Waals surface area contributed by atoms with Crippen LogP contribution < -0.4 is 14.2 Å². The molecule has 0 unspecified atom stereocenters. The number of methoxy groups -OCH3 is 3. The highest BCUT2D eigenvalue weighted by Gasteiger charge is 2.21. The summed E-state index contributed by atoms with van der Waals surface area (Å²) in [7, 11) is 4.52. The second-order valence-electron chi connectivity index (χ2n) is 5.11. The Kier molecular flexibility index (Phi) is 4.70. The van der Waals surface area contributed by atoms with Crippen molar-refractivity contribution in [1.82, 2.24) is 10.1 Å². The molecule has 1 aromatic heterocycles. The zero-order valence-electron chi connectivity index (χ0n) is 14.3. The zero-order valence-corrected chi connectivity index (χ0v) is 14.3. The standard InChI is InChI=1S/C17H15N3O6/c1-23-13-9-8-12(14(24-2)15(13)25-3)17-18-16(19-26-17)10-4-6-11(7-5-10)20(21)22/h4-9H,1-3H3. The maximum Gasteiger partial charge on any atom is 0.269 e. The molecular formula is C17H15N3O6. The van der Waals surface area contributed by atoms with Crippen molar-refractivity contribution < 1.29 is 23.7 Å². The third-order valence-electron chi connectivity index (χ3n) is 3.70. The summed E-state index contributed by atoms with van der Waals surface area (Å²) in [5.74, 6) is 1.82. The summed E-state index contributed by atoms with van der Waals surface area (Å²) in [6.45, 7) is 0. The van der Waals surface area contributed by atoms with Crippen molar-refractivity contribution in [2.24, 2.45) is 0 Å². The fourth-order valence-corrected chi connectivity index (χ4v) is 2.45. The maximum atomic E-state index is 10.7. The van der Waals surface area contributed by atoms with Crippen LogP contribution in [0.3, 0.4) is 0 Å². The Morgan fingerprint density at radius 2 is 1.65 bits per heavy atom. The summed E-state index contributed by atoms with van der Waals surface area (Å²) in [6.07, 6.45) is 0. The van der Waals surface area contributed by atoms with Crippen molar-refractivity contribution >= 4 is 5.69 Å². The summed E-state index contributed by atoms with van der Waals surface area (Å²) in [4.78, 5) is 14.6. The first kappa shape index (κ1) is 17.2. The summed E-state index contributed by atoms with van der Waals surface area (Å²) < 4.78 is 21.3. The second kappa shape index (κ2) is 7.09. The molecule has 0 aliphatic carbocycles. The van der Waals surface area contributed by atoms with Crippen LogP contribution in [0.2, 0.25) is 0 Å². The van der Waals surface area contributed by atoms with Crippen LogP contribution in [0.25, 0.3) is 22.8 Å². The van der Waals surface area contributed by atoms with Gasteiger partial charge in [-0.1, -0.05) is 5.16 Å². The lowest BCUT2D eigenvalue weighted by molar-refractivity contribution is -0.384. The molecule has 0 saturated carbocycles. The summed E-state index contributed by atoms with van der Waals surface area (Å²) in [6, 6.07) is 9.28. The number of nitro groups is 1. The first-order valence-corrected chi connectivity index (χ1v) is 7.47. The van der Waals surface area contributed by atoms with E-state index in [4.69, 9.17) is 18.7 Å². The molecule has 1 heterocycles. The lowest BCUT2D eigenvalue weighted by Gasteiger charge is -2.13. The number of aromatic nitrogens is 2. The van der Waals surface area contributed by atoms with Crippen molar-refractivity contribution in [3.8, 4) is 40.1 Å². The zero-order chi connectivity index (χ0) is 18.7. The molecular weight excluding hydrogens is 342 g/mol. The smallest absolute Gasteiger partial charge is 0.269 e. The van der Waals surface area contributed by atoms with Crippen LogP contribution in [0.4, 0.5) is 5.69 Å². The normalized spacial score (nSPS) is 10.4. The average Bonchev–Trinajstić information content (AvgIpc) is 3.16. The van der Waals surface area contributed by atoms with Gasteiger partial charge in [0.05, 0.1) is 31.8 Å². The topological polar surface area (TPSA) is 110 Å². The quantitative estimate of drug-likeness (QED) is 0.488. The predicted molar refractivity (Wildman–Crippen MR) is 91.5 cm³/mol. The SMILES string of the molecule is COc1ccc(-c2nc(-c3ccc([N+](=O)[O-])cc3)no2)c(OC)c1OC. The molecule has 3 aromatic rings. The maximum absolute atomic E-state index is 10.7. The van der Waals surface area contributed by atoms with Crippen LogP contribution in [0.1, 0.15) is 0 Å². The number of nitrogens with zero attached hydrogens (tertiary/aromatic N) is 3. The van der Waals surface area contributed by atoms with E-state index in [1.807, 2.05) is 0 Å². The van der Waals surface area contributed by atoms with Gasteiger partial charge in [0.1, 0.15) is 0 Å². The van der Waals surface area contributed by atoms with Crippen LogP contribution in [-0.2, 0) is 0 Å². The van der Waals surface area contributed by atoms with E-state index in [1.165, 1.54) is 33.5 Å². The van der Waals surface area contributed by atoms with Gasteiger partial charge >= 0.3 is 0 Å². The molecule has 0 spiro atoms. The van der Waals surface area contributed by atoms with Crippen LogP contribution in [-0.4, -0.2) is 36.4 Å². The van der Waals surface area contributed by atoms with E-state index in [0.717, 1.165) is 0 Å². The molecule has 0 saturated heterocycles. The van der Waals surface area contributed by atoms with Gasteiger partial charge < -0.3 is 18.7 Å². The van der Waals surface area contributed by atoms with Crippen molar-refractivity contribution in [3.63, 3.8) is 0 Å². The Morgan fingerprint density at radius 1 is 0.962 bits per heavy atom. The van der Waals surface area contributed by atoms with Gasteiger partial charge in [0.2, 0.25) is 11.6 Å². The fourth-order valence-electron chi connectivity index (χ4n) is 2.45. The monoisotopic (exact) mass is 357 g/mol. The molecule has 26 heavy (non-hydrogen) atoms. The van der Waals surface area contributed by atoms with Gasteiger partial charge in [0, 0.05) is 17.7 Å². The minimum Gasteiger partial charge on any atom is -0.493 e. The summed E-state index contributed by atoms with van der Waals surface area (Å²) in [5, 5.41) is 14.7. The fraction of sp³-hybridized carbons (Fsp3) is 0.176. The summed E-state index contributed by atoms with van der Waals surface area (Å²) in [5.41, 5.74) is 1.11. The number of ether oxygens (including phenoxy) is 3. The average molecular weight is 357 g/mol. The first-order valence-electron chi connectivity index (χ1n) is 7.47. The molecule has 0 fully saturated rings. The third-order valence-corrected chi connectivity index (χ3v) is 3.70. The van der Waals surface area contributed by atoms with E-state index in [0.29, 0.717) is 34.2 Å². The Morgan fingerprint density at radius 3 is 2.23 bits per heavy atom. The van der Waals surface area contributed by atoms with Gasteiger partial charge in [-0.2, -0.15) is 4.98 Å². The Labute approximate surface area is 148 Å². The Hall–Kier alpha value is -3.62. The molecule has 0 bridgehead atoms. The highest BCUT2D eigenvalue weighted by molar-refractivity contribution is 5.72. The molecule has 0 atom stereocenters. The largest absolute Gasteiger partial charge is 0.493 e. The molecule has 0 aliphatic rings. The number of hydrogen-bond acceptors (Lipinski definition) is 8. The van der Waals surface area contributed by atoms with E-state index in [-0.39, 0.29) is 11.6 Å². The van der Waals surface area contributed by atoms with Crippen LogP contribution in [0.5, 0.6) is 17.2 Å². The van der Waals surface area contributed by atoms with Gasteiger partial charge in [0.25, 0.3) is 11.6 Å². The molecule has 3 rings (SSSR count). The minimum absolute atomic E-state index is 0.0148. The molecule has 9 heteroatoms. The van der Waals surface area contributed by atoms with E-state index in [9.17, 15) is 10.1 Å². The van der Waals surface area contributed by atoms with Crippen LogP contribution in [0.15, 0.2) is 40.9 Å². The molecule has 9 nitrogen and oxygen atoms in total. The Bertz CT molecular complexity index is 936. The molecule has 0 amide bonds. The highest BCUT2D eigenvalue weighted by Crippen LogP contribution is 2.44. The van der Waals surface area contributed by atoms with Gasteiger partial charge in [-0.15, -0.1) is 0 Å². The predicted octanol–water partition coefficient (Wildman–Crippen LogP) is 3.34. The van der Waals surface area contributed by atoms with Crippen molar-refractivity contribution in [3.05, 3.63) is 46.5 Å². The van der Waals surface area contributed by atoms with E-state index in [1.54, 1.807) is 24.3 Å². The highest BCUT2D eigenvalue weighted by atomic mass is 16.6. The van der Waals surface area contributed by atoms with Gasteiger partial charge in [-0.3, -0.25) is 10.1 Å². The molecule has 134 valence electrons. The van der Waals surface area contributed by atoms with Gasteiger partial charge in [-0.05, 0) is 24.3 Å². The second-order valence-corrected chi connectivity index (χ2v) is 5.11. The first-order chi connectivity index (χ1) is 12.6. The molecule has 0 aliphatic heterocycles. The summed E-state index contributed by atoms with van der Waals surface area (Å²) >= 11 is 0. The number of benzene rings is 2. The van der Waals surface area contributed by atoms with Gasteiger partial charge in [-0.25, -0.2) is 0 Å². The number of non-ortho nitro benzene ring substituents is 1. The van der Waals surface area contributed by atoms with Crippen molar-refractivity contribution in [2.75, 3.05) is 21.3 Å². The van der Waals surface area contributed by atoms with Crippen LogP contribution >= 0.6 is 0 Å². The van der Waals surface area contributed by atoms with Crippen molar-refractivity contribution in [2.45, 2.75) is 0 Å². The molecule has 2 aromatic carbocycles. The third kappa shape index (κ3) is 3.02. The minimum atomic E-state index is -0.472. The van der Waals surface area contributed by atoms with Gasteiger partial charge in [0.15, 0.2) is 11.5 Å².